The molecule has 1 aromatic heterocycles. The van der Waals surface area contributed by atoms with Crippen LogP contribution in [0.3, 0.4) is 0 Å². The number of hydrogen-bond donors (Lipinski definition) is 0. The number of amides is 1. The van der Waals surface area contributed by atoms with Crippen molar-refractivity contribution in [3.05, 3.63) is 87.6 Å². The predicted octanol–water partition coefficient (Wildman–Crippen LogP) is 3.71. The second-order valence-electron chi connectivity index (χ2n) is 6.84. The van der Waals surface area contributed by atoms with Gasteiger partial charge < -0.3 is 14.4 Å². The fourth-order valence-corrected chi connectivity index (χ4v) is 4.05. The first-order chi connectivity index (χ1) is 14.6. The van der Waals surface area contributed by atoms with Crippen molar-refractivity contribution in [3.8, 4) is 5.75 Å². The molecule has 2 heterocycles. The molecule has 0 spiro atoms. The van der Waals surface area contributed by atoms with Gasteiger partial charge in [-0.05, 0) is 40.8 Å². The van der Waals surface area contributed by atoms with E-state index in [2.05, 4.69) is 0 Å². The maximum Gasteiger partial charge on any atom is 0.353 e. The van der Waals surface area contributed by atoms with E-state index >= 15 is 0 Å². The minimum Gasteiger partial charge on any atom is -0.467 e. The Labute approximate surface area is 177 Å². The number of carbonyl (C=O) groups is 3. The molecule has 4 rings (SSSR count). The molecule has 6 nitrogen and oxygen atoms in total. The fraction of sp³-hybridized carbons (Fsp3) is 0.174. The van der Waals surface area contributed by atoms with Crippen LogP contribution in [0.5, 0.6) is 5.75 Å². The summed E-state index contributed by atoms with van der Waals surface area (Å²) >= 11 is 1.31. The van der Waals surface area contributed by atoms with Gasteiger partial charge in [0.25, 0.3) is 5.91 Å². The summed E-state index contributed by atoms with van der Waals surface area (Å²) in [6.45, 7) is 0.366. The van der Waals surface area contributed by atoms with Gasteiger partial charge in [-0.25, -0.2) is 9.59 Å². The molecular formula is C23H19NO5S. The van der Waals surface area contributed by atoms with E-state index in [0.717, 1.165) is 11.1 Å². The van der Waals surface area contributed by atoms with Gasteiger partial charge in [0, 0.05) is 18.5 Å². The van der Waals surface area contributed by atoms with Gasteiger partial charge in [-0.15, -0.1) is 11.3 Å². The lowest BCUT2D eigenvalue weighted by atomic mass is 10.0. The van der Waals surface area contributed by atoms with Crippen LogP contribution in [-0.2, 0) is 22.5 Å². The lowest BCUT2D eigenvalue weighted by Gasteiger charge is -2.25. The number of fused-ring (bicyclic) bond motifs is 1. The maximum atomic E-state index is 12.8. The van der Waals surface area contributed by atoms with Gasteiger partial charge in [-0.3, -0.25) is 4.79 Å². The van der Waals surface area contributed by atoms with E-state index < -0.39 is 18.0 Å². The largest absolute Gasteiger partial charge is 0.467 e. The number of thiophene rings is 1. The summed E-state index contributed by atoms with van der Waals surface area (Å²) in [6.07, 6.45) is 0.297. The van der Waals surface area contributed by atoms with Gasteiger partial charge in [-0.2, -0.15) is 0 Å². The molecule has 0 radical (unpaired) electrons. The SMILES string of the molecule is COC(=O)[C@H](Cc1ccc(OC(=O)c2cccs2)cc1)N1Cc2ccccc2C1=O. The third-order valence-corrected chi connectivity index (χ3v) is 5.83. The van der Waals surface area contributed by atoms with E-state index in [1.165, 1.54) is 18.4 Å². The van der Waals surface area contributed by atoms with Crippen molar-refractivity contribution in [2.45, 2.75) is 19.0 Å². The molecule has 0 aliphatic carbocycles. The van der Waals surface area contributed by atoms with Crippen LogP contribution < -0.4 is 4.74 Å². The Morgan fingerprint density at radius 1 is 1.07 bits per heavy atom. The Kier molecular flexibility index (Phi) is 5.63. The van der Waals surface area contributed by atoms with E-state index in [1.807, 2.05) is 23.6 Å². The zero-order chi connectivity index (χ0) is 21.1. The van der Waals surface area contributed by atoms with Gasteiger partial charge in [0.15, 0.2) is 0 Å². The standard InChI is InChI=1S/C23H19NO5S/c1-28-22(26)19(24-14-16-5-2-3-6-18(16)21(24)25)13-15-8-10-17(11-9-15)29-23(27)20-7-4-12-30-20/h2-12,19H,13-14H2,1H3/t19-/m0/s1. The molecule has 30 heavy (non-hydrogen) atoms. The normalized spacial score (nSPS) is 13.6. The number of methoxy groups -OCH3 is 1. The maximum absolute atomic E-state index is 12.8. The van der Waals surface area contributed by atoms with Gasteiger partial charge in [0.1, 0.15) is 16.7 Å². The summed E-state index contributed by atoms with van der Waals surface area (Å²) in [5, 5.41) is 1.81. The molecule has 0 bridgehead atoms. The third kappa shape index (κ3) is 3.97. The van der Waals surface area contributed by atoms with Gasteiger partial charge in [0.05, 0.1) is 7.11 Å². The molecule has 1 aliphatic rings. The average Bonchev–Trinajstić information content (AvgIpc) is 3.42. The van der Waals surface area contributed by atoms with E-state index in [-0.39, 0.29) is 5.91 Å². The number of esters is 2. The average molecular weight is 421 g/mol. The summed E-state index contributed by atoms with van der Waals surface area (Å²) < 4.78 is 10.3. The second-order valence-corrected chi connectivity index (χ2v) is 7.79. The van der Waals surface area contributed by atoms with Crippen molar-refractivity contribution in [2.75, 3.05) is 7.11 Å². The summed E-state index contributed by atoms with van der Waals surface area (Å²) in [6, 6.07) is 17.0. The first-order valence-corrected chi connectivity index (χ1v) is 10.3. The van der Waals surface area contributed by atoms with Crippen molar-refractivity contribution in [1.82, 2.24) is 4.90 Å². The van der Waals surface area contributed by atoms with Crippen LogP contribution in [0.2, 0.25) is 0 Å². The quantitative estimate of drug-likeness (QED) is 0.448. The van der Waals surface area contributed by atoms with Crippen LogP contribution in [0.15, 0.2) is 66.0 Å². The summed E-state index contributed by atoms with van der Waals surface area (Å²) in [5.74, 6) is -0.645. The van der Waals surface area contributed by atoms with Crippen molar-refractivity contribution < 1.29 is 23.9 Å². The molecule has 0 N–H and O–H groups in total. The van der Waals surface area contributed by atoms with Crippen LogP contribution in [-0.4, -0.2) is 35.9 Å². The number of carbonyl (C=O) groups excluding carboxylic acids is 3. The molecule has 0 saturated heterocycles. The van der Waals surface area contributed by atoms with Crippen LogP contribution in [0.1, 0.15) is 31.2 Å². The summed E-state index contributed by atoms with van der Waals surface area (Å²) in [5.41, 5.74) is 2.33. The van der Waals surface area contributed by atoms with Crippen molar-refractivity contribution in [2.24, 2.45) is 0 Å². The van der Waals surface area contributed by atoms with Crippen LogP contribution in [0.25, 0.3) is 0 Å². The molecular weight excluding hydrogens is 402 g/mol. The van der Waals surface area contributed by atoms with Gasteiger partial charge in [-0.1, -0.05) is 36.4 Å². The zero-order valence-electron chi connectivity index (χ0n) is 16.2. The van der Waals surface area contributed by atoms with Crippen LogP contribution in [0.4, 0.5) is 0 Å². The van der Waals surface area contributed by atoms with Crippen molar-refractivity contribution in [1.29, 1.82) is 0 Å². The number of rotatable bonds is 6. The zero-order valence-corrected chi connectivity index (χ0v) is 17.1. The Morgan fingerprint density at radius 3 is 2.50 bits per heavy atom. The molecule has 7 heteroatoms. The highest BCUT2D eigenvalue weighted by Crippen LogP contribution is 2.27. The van der Waals surface area contributed by atoms with E-state index in [4.69, 9.17) is 9.47 Å². The first kappa shape index (κ1) is 19.8. The Bertz CT molecular complexity index is 1080. The number of ether oxygens (including phenoxy) is 2. The number of benzene rings is 2. The molecule has 3 aromatic rings. The lowest BCUT2D eigenvalue weighted by molar-refractivity contribution is -0.146. The van der Waals surface area contributed by atoms with Gasteiger partial charge >= 0.3 is 11.9 Å². The van der Waals surface area contributed by atoms with Crippen molar-refractivity contribution >= 4 is 29.2 Å². The Hall–Kier alpha value is -3.45. The highest BCUT2D eigenvalue weighted by atomic mass is 32.1. The fourth-order valence-electron chi connectivity index (χ4n) is 3.45. The van der Waals surface area contributed by atoms with Crippen LogP contribution in [0, 0.1) is 0 Å². The minimum absolute atomic E-state index is 0.178. The Balaban J connectivity index is 1.48. The smallest absolute Gasteiger partial charge is 0.353 e. The summed E-state index contributed by atoms with van der Waals surface area (Å²) in [7, 11) is 1.32. The lowest BCUT2D eigenvalue weighted by Crippen LogP contribution is -2.43. The predicted molar refractivity (Wildman–Crippen MR) is 112 cm³/mol. The molecule has 0 unspecified atom stereocenters. The summed E-state index contributed by atoms with van der Waals surface area (Å²) in [4.78, 5) is 39.4. The molecule has 1 atom stereocenters. The number of nitrogens with zero attached hydrogens (tertiary/aromatic N) is 1. The molecule has 1 amide bonds. The molecule has 152 valence electrons. The minimum atomic E-state index is -0.741. The van der Waals surface area contributed by atoms with E-state index in [1.54, 1.807) is 47.4 Å². The number of hydrogen-bond acceptors (Lipinski definition) is 6. The first-order valence-electron chi connectivity index (χ1n) is 9.38. The topological polar surface area (TPSA) is 72.9 Å². The monoisotopic (exact) mass is 421 g/mol. The highest BCUT2D eigenvalue weighted by molar-refractivity contribution is 7.12. The highest BCUT2D eigenvalue weighted by Gasteiger charge is 2.36. The molecule has 0 saturated carbocycles. The van der Waals surface area contributed by atoms with E-state index in [0.29, 0.717) is 29.2 Å². The Morgan fingerprint density at radius 2 is 1.83 bits per heavy atom. The van der Waals surface area contributed by atoms with Crippen molar-refractivity contribution in [3.63, 3.8) is 0 Å². The molecule has 0 fully saturated rings. The second kappa shape index (κ2) is 8.51. The van der Waals surface area contributed by atoms with Gasteiger partial charge in [0.2, 0.25) is 0 Å². The molecule has 2 aromatic carbocycles. The van der Waals surface area contributed by atoms with E-state index in [9.17, 15) is 14.4 Å². The molecule has 1 aliphatic heterocycles. The third-order valence-electron chi connectivity index (χ3n) is 4.98. The van der Waals surface area contributed by atoms with Crippen LogP contribution >= 0.6 is 11.3 Å².